The van der Waals surface area contributed by atoms with Crippen molar-refractivity contribution in [1.29, 1.82) is 0 Å². The summed E-state index contributed by atoms with van der Waals surface area (Å²) in [7, 11) is 0. The average Bonchev–Trinajstić information content (AvgIpc) is 2.84. The highest BCUT2D eigenvalue weighted by atomic mass is 16.4. The van der Waals surface area contributed by atoms with Crippen molar-refractivity contribution >= 4 is 35.6 Å². The molecule has 0 bridgehead atoms. The maximum absolute atomic E-state index is 12.7. The molecule has 1 aromatic rings. The number of phenols is 1. The number of carboxylic acids is 2. The molecule has 4 unspecified atom stereocenters. The van der Waals surface area contributed by atoms with Gasteiger partial charge in [0.25, 0.3) is 0 Å². The number of aliphatic hydroxyl groups is 1. The van der Waals surface area contributed by atoms with Gasteiger partial charge in [-0.25, -0.2) is 4.79 Å². The lowest BCUT2D eigenvalue weighted by Gasteiger charge is -2.23. The summed E-state index contributed by atoms with van der Waals surface area (Å²) in [6, 6.07) is -0.0622. The third-order valence-corrected chi connectivity index (χ3v) is 5.12. The molecule has 1 rings (SSSR count). The second-order valence-electron chi connectivity index (χ2n) is 8.23. The van der Waals surface area contributed by atoms with Gasteiger partial charge in [0.2, 0.25) is 17.7 Å². The van der Waals surface area contributed by atoms with E-state index in [-0.39, 0.29) is 37.5 Å². The second-order valence-corrected chi connectivity index (χ2v) is 8.23. The van der Waals surface area contributed by atoms with Crippen LogP contribution in [-0.2, 0) is 30.4 Å². The summed E-state index contributed by atoms with van der Waals surface area (Å²) >= 11 is 0. The number of amides is 3. The Morgan fingerprint density at radius 2 is 1.42 bits per heavy atom. The van der Waals surface area contributed by atoms with Crippen LogP contribution in [0.3, 0.4) is 0 Å². The zero-order chi connectivity index (χ0) is 28.8. The lowest BCUT2D eigenvalue weighted by Crippen LogP contribution is -2.58. The Hall–Kier alpha value is -4.44. The van der Waals surface area contributed by atoms with E-state index >= 15 is 0 Å². The molecule has 210 valence electrons. The molecule has 1 aromatic carbocycles. The van der Waals surface area contributed by atoms with E-state index in [4.69, 9.17) is 22.3 Å². The van der Waals surface area contributed by atoms with E-state index < -0.39 is 66.9 Å². The van der Waals surface area contributed by atoms with Crippen molar-refractivity contribution in [3.8, 4) is 5.75 Å². The van der Waals surface area contributed by atoms with Crippen molar-refractivity contribution in [3.05, 3.63) is 29.8 Å². The van der Waals surface area contributed by atoms with Crippen molar-refractivity contribution in [2.45, 2.75) is 49.9 Å². The fraction of sp³-hybridized carbons (Fsp3) is 0.455. The Labute approximate surface area is 217 Å². The zero-order valence-electron chi connectivity index (χ0n) is 20.4. The van der Waals surface area contributed by atoms with Crippen LogP contribution in [0.1, 0.15) is 24.8 Å². The normalized spacial score (nSPS) is 13.7. The van der Waals surface area contributed by atoms with Gasteiger partial charge in [-0.05, 0) is 37.0 Å². The number of aromatic hydroxyl groups is 1. The first kappa shape index (κ1) is 31.6. The first-order valence-corrected chi connectivity index (χ1v) is 11.4. The standard InChI is InChI=1S/C22H33N7O9/c23-13(8-11-3-5-12(31)6-4-11)18(34)28-15(9-17(32)33)19(35)29-16(10-30)20(36)27-14(21(37)38)2-1-7-26-22(24)25/h3-6,13-16,30-31H,1-2,7-10,23H2,(H,27,36)(H,28,34)(H,29,35)(H,32,33)(H,37,38)(H4,24,25,26). The van der Waals surface area contributed by atoms with E-state index in [2.05, 4.69) is 20.9 Å². The Morgan fingerprint density at radius 3 is 1.95 bits per heavy atom. The van der Waals surface area contributed by atoms with Gasteiger partial charge in [-0.15, -0.1) is 0 Å². The Balaban J connectivity index is 2.82. The molecule has 0 aliphatic heterocycles. The average molecular weight is 540 g/mol. The van der Waals surface area contributed by atoms with Crippen LogP contribution in [0.25, 0.3) is 0 Å². The summed E-state index contributed by atoms with van der Waals surface area (Å²) in [6.07, 6.45) is -0.732. The molecule has 0 aliphatic carbocycles. The topological polar surface area (TPSA) is 293 Å². The molecule has 0 saturated carbocycles. The van der Waals surface area contributed by atoms with Crippen LogP contribution in [0, 0.1) is 0 Å². The van der Waals surface area contributed by atoms with Crippen molar-refractivity contribution < 1.29 is 44.4 Å². The summed E-state index contributed by atoms with van der Waals surface area (Å²) in [6.45, 7) is -0.848. The van der Waals surface area contributed by atoms with Gasteiger partial charge in [0, 0.05) is 6.54 Å². The fourth-order valence-corrected chi connectivity index (χ4v) is 3.14. The van der Waals surface area contributed by atoms with Gasteiger partial charge in [-0.1, -0.05) is 12.1 Å². The van der Waals surface area contributed by atoms with Gasteiger partial charge in [0.05, 0.1) is 19.1 Å². The number of guanidine groups is 1. The van der Waals surface area contributed by atoms with Crippen LogP contribution in [0.5, 0.6) is 5.75 Å². The summed E-state index contributed by atoms with van der Waals surface area (Å²) in [4.78, 5) is 64.1. The number of hydrogen-bond donors (Lipinski definition) is 10. The van der Waals surface area contributed by atoms with Gasteiger partial charge < -0.3 is 53.6 Å². The summed E-state index contributed by atoms with van der Waals surface area (Å²) in [5, 5.41) is 43.9. The number of carbonyl (C=O) groups is 5. The Bertz CT molecular complexity index is 1010. The highest BCUT2D eigenvalue weighted by Crippen LogP contribution is 2.11. The van der Waals surface area contributed by atoms with Crippen LogP contribution in [0.2, 0.25) is 0 Å². The minimum absolute atomic E-state index is 0.00746. The van der Waals surface area contributed by atoms with E-state index in [1.165, 1.54) is 24.3 Å². The molecule has 0 heterocycles. The summed E-state index contributed by atoms with van der Waals surface area (Å²) in [5.41, 5.74) is 16.8. The highest BCUT2D eigenvalue weighted by molar-refractivity contribution is 5.95. The predicted molar refractivity (Wildman–Crippen MR) is 132 cm³/mol. The number of hydrogen-bond acceptors (Lipinski definition) is 9. The van der Waals surface area contributed by atoms with Crippen LogP contribution in [0.4, 0.5) is 0 Å². The number of aliphatic carboxylic acids is 2. The number of phenolic OH excluding ortho intramolecular Hbond substituents is 1. The summed E-state index contributed by atoms with van der Waals surface area (Å²) in [5.74, 6) is -6.05. The number of carboxylic acid groups (broad SMARTS) is 2. The van der Waals surface area contributed by atoms with Crippen molar-refractivity contribution in [2.75, 3.05) is 13.2 Å². The predicted octanol–water partition coefficient (Wildman–Crippen LogP) is -3.68. The molecule has 3 amide bonds. The number of aliphatic hydroxyl groups excluding tert-OH is 1. The van der Waals surface area contributed by atoms with Gasteiger partial charge in [-0.2, -0.15) is 0 Å². The molecule has 0 spiro atoms. The molecule has 38 heavy (non-hydrogen) atoms. The number of benzene rings is 1. The molecule has 13 N–H and O–H groups in total. The molecule has 16 heteroatoms. The maximum atomic E-state index is 12.7. The number of carbonyl (C=O) groups excluding carboxylic acids is 3. The molecular weight excluding hydrogens is 506 g/mol. The molecule has 0 saturated heterocycles. The van der Waals surface area contributed by atoms with Crippen LogP contribution >= 0.6 is 0 Å². The highest BCUT2D eigenvalue weighted by Gasteiger charge is 2.31. The number of nitrogens with one attached hydrogen (secondary N) is 3. The SMILES string of the molecule is NC(N)=NCCCC(NC(=O)C(CO)NC(=O)C(CC(=O)O)NC(=O)C(N)Cc1ccc(O)cc1)C(=O)O. The molecule has 16 nitrogen and oxygen atoms in total. The lowest BCUT2D eigenvalue weighted by atomic mass is 10.0. The van der Waals surface area contributed by atoms with Crippen molar-refractivity contribution in [1.82, 2.24) is 16.0 Å². The number of nitrogens with zero attached hydrogens (tertiary/aromatic N) is 1. The lowest BCUT2D eigenvalue weighted by molar-refractivity contribution is -0.143. The Kier molecular flexibility index (Phi) is 13.0. The third kappa shape index (κ3) is 11.5. The van der Waals surface area contributed by atoms with Crippen molar-refractivity contribution in [2.24, 2.45) is 22.2 Å². The summed E-state index contributed by atoms with van der Waals surface area (Å²) < 4.78 is 0. The molecule has 0 aliphatic rings. The van der Waals surface area contributed by atoms with Gasteiger partial charge >= 0.3 is 11.9 Å². The zero-order valence-corrected chi connectivity index (χ0v) is 20.4. The number of nitrogens with two attached hydrogens (primary N) is 3. The Morgan fingerprint density at radius 1 is 0.868 bits per heavy atom. The molecule has 0 radical (unpaired) electrons. The van der Waals surface area contributed by atoms with Gasteiger partial charge in [-0.3, -0.25) is 24.2 Å². The molecule has 0 fully saturated rings. The monoisotopic (exact) mass is 539 g/mol. The second kappa shape index (κ2) is 15.6. The smallest absolute Gasteiger partial charge is 0.326 e. The van der Waals surface area contributed by atoms with E-state index in [0.29, 0.717) is 5.56 Å². The maximum Gasteiger partial charge on any atom is 0.326 e. The van der Waals surface area contributed by atoms with Crippen molar-refractivity contribution in [3.63, 3.8) is 0 Å². The third-order valence-electron chi connectivity index (χ3n) is 5.12. The van der Waals surface area contributed by atoms with Gasteiger partial charge in [0.15, 0.2) is 5.96 Å². The van der Waals surface area contributed by atoms with E-state index in [0.717, 1.165) is 0 Å². The van der Waals surface area contributed by atoms with Crippen LogP contribution in [0.15, 0.2) is 29.3 Å². The molecular formula is C22H33N7O9. The van der Waals surface area contributed by atoms with E-state index in [1.807, 2.05) is 0 Å². The fourth-order valence-electron chi connectivity index (χ4n) is 3.14. The first-order chi connectivity index (χ1) is 17.8. The minimum atomic E-state index is -1.66. The van der Waals surface area contributed by atoms with Crippen LogP contribution < -0.4 is 33.2 Å². The van der Waals surface area contributed by atoms with Crippen LogP contribution in [-0.4, -0.2) is 93.4 Å². The number of aliphatic imine (C=N–C) groups is 1. The van der Waals surface area contributed by atoms with Gasteiger partial charge in [0.1, 0.15) is 23.9 Å². The van der Waals surface area contributed by atoms with E-state index in [9.17, 15) is 39.3 Å². The largest absolute Gasteiger partial charge is 0.508 e. The quantitative estimate of drug-likeness (QED) is 0.0552. The first-order valence-electron chi connectivity index (χ1n) is 11.4. The van der Waals surface area contributed by atoms with E-state index in [1.54, 1.807) is 0 Å². The minimum Gasteiger partial charge on any atom is -0.508 e. The molecule has 4 atom stereocenters. The number of rotatable bonds is 16. The molecule has 0 aromatic heterocycles.